The van der Waals surface area contributed by atoms with Crippen LogP contribution in [0, 0.1) is 0 Å². The maximum absolute atomic E-state index is 13.0. The standard InChI is InChI=1S/C26H33Cl2N5O3/c1-4-11-33(25(35)20-7-5-6-8-21(20)27)17-24(34)30-23-16-19(9-10-22(23)28)31-12-14-32(15-13-31)26(36)29-18(2)3/h5-10,16,18H,4,11-15,17H2,1-3H3,(H,29,36)(H,30,34). The Balaban J connectivity index is 1.64. The summed E-state index contributed by atoms with van der Waals surface area (Å²) in [6, 6.07) is 12.3. The summed E-state index contributed by atoms with van der Waals surface area (Å²) in [6.07, 6.45) is 0.695. The van der Waals surface area contributed by atoms with Crippen molar-refractivity contribution in [3.8, 4) is 0 Å². The van der Waals surface area contributed by atoms with Crippen molar-refractivity contribution in [1.82, 2.24) is 15.1 Å². The first-order valence-corrected chi connectivity index (χ1v) is 12.9. The molecule has 10 heteroatoms. The van der Waals surface area contributed by atoms with Crippen molar-refractivity contribution >= 4 is 52.4 Å². The van der Waals surface area contributed by atoms with Gasteiger partial charge in [0, 0.05) is 44.5 Å². The Labute approximate surface area is 222 Å². The molecule has 1 aliphatic heterocycles. The summed E-state index contributed by atoms with van der Waals surface area (Å²) in [4.78, 5) is 43.6. The van der Waals surface area contributed by atoms with Gasteiger partial charge in [0.15, 0.2) is 0 Å². The SMILES string of the molecule is CCCN(CC(=O)Nc1cc(N2CCN(C(=O)NC(C)C)CC2)ccc1Cl)C(=O)c1ccccc1Cl. The minimum absolute atomic E-state index is 0.0586. The number of carbonyl (C=O) groups excluding carboxylic acids is 3. The highest BCUT2D eigenvalue weighted by molar-refractivity contribution is 6.34. The summed E-state index contributed by atoms with van der Waals surface area (Å²) in [7, 11) is 0. The van der Waals surface area contributed by atoms with Crippen molar-refractivity contribution in [2.75, 3.05) is 49.5 Å². The molecule has 0 aromatic heterocycles. The van der Waals surface area contributed by atoms with Gasteiger partial charge < -0.3 is 25.3 Å². The van der Waals surface area contributed by atoms with Crippen LogP contribution < -0.4 is 15.5 Å². The van der Waals surface area contributed by atoms with Gasteiger partial charge in [-0.05, 0) is 50.6 Å². The smallest absolute Gasteiger partial charge is 0.317 e. The third-order valence-corrected chi connectivity index (χ3v) is 6.45. The van der Waals surface area contributed by atoms with E-state index in [2.05, 4.69) is 15.5 Å². The number of hydrogen-bond donors (Lipinski definition) is 2. The molecule has 4 amide bonds. The highest BCUT2D eigenvalue weighted by atomic mass is 35.5. The molecular weight excluding hydrogens is 501 g/mol. The van der Waals surface area contributed by atoms with E-state index in [0.717, 1.165) is 5.69 Å². The van der Waals surface area contributed by atoms with Gasteiger partial charge in [-0.2, -0.15) is 0 Å². The van der Waals surface area contributed by atoms with Crippen LogP contribution in [-0.2, 0) is 4.79 Å². The minimum atomic E-state index is -0.349. The highest BCUT2D eigenvalue weighted by Crippen LogP contribution is 2.28. The first-order chi connectivity index (χ1) is 17.2. The van der Waals surface area contributed by atoms with E-state index in [1.165, 1.54) is 4.90 Å². The second-order valence-electron chi connectivity index (χ2n) is 9.00. The number of nitrogens with zero attached hydrogens (tertiary/aromatic N) is 3. The molecule has 36 heavy (non-hydrogen) atoms. The van der Waals surface area contributed by atoms with Gasteiger partial charge in [0.1, 0.15) is 6.54 Å². The van der Waals surface area contributed by atoms with E-state index in [4.69, 9.17) is 23.2 Å². The van der Waals surface area contributed by atoms with E-state index in [9.17, 15) is 14.4 Å². The Morgan fingerprint density at radius 3 is 2.33 bits per heavy atom. The van der Waals surface area contributed by atoms with E-state index >= 15 is 0 Å². The fourth-order valence-corrected chi connectivity index (χ4v) is 4.38. The Bertz CT molecular complexity index is 1090. The number of nitrogens with one attached hydrogen (secondary N) is 2. The Hall–Kier alpha value is -2.97. The summed E-state index contributed by atoms with van der Waals surface area (Å²) in [6.45, 7) is 8.63. The second kappa shape index (κ2) is 12.8. The van der Waals surface area contributed by atoms with Crippen LogP contribution in [-0.4, -0.2) is 73.0 Å². The second-order valence-corrected chi connectivity index (χ2v) is 9.81. The average Bonchev–Trinajstić information content (AvgIpc) is 2.84. The number of carbonyl (C=O) groups is 3. The van der Waals surface area contributed by atoms with Gasteiger partial charge in [-0.25, -0.2) is 4.79 Å². The van der Waals surface area contributed by atoms with Gasteiger partial charge in [0.05, 0.1) is 21.3 Å². The Morgan fingerprint density at radius 2 is 1.69 bits per heavy atom. The van der Waals surface area contributed by atoms with Crippen LogP contribution in [0.25, 0.3) is 0 Å². The predicted octanol–water partition coefficient (Wildman–Crippen LogP) is 4.72. The number of benzene rings is 2. The number of urea groups is 1. The zero-order chi connectivity index (χ0) is 26.2. The van der Waals surface area contributed by atoms with E-state index in [1.807, 2.05) is 32.9 Å². The summed E-state index contributed by atoms with van der Waals surface area (Å²) in [5.41, 5.74) is 1.73. The first-order valence-electron chi connectivity index (χ1n) is 12.1. The van der Waals surface area contributed by atoms with Crippen LogP contribution in [0.3, 0.4) is 0 Å². The number of amides is 4. The molecule has 8 nitrogen and oxygen atoms in total. The van der Waals surface area contributed by atoms with E-state index in [-0.39, 0.29) is 30.4 Å². The van der Waals surface area contributed by atoms with Crippen LogP contribution >= 0.6 is 23.2 Å². The molecule has 0 spiro atoms. The lowest BCUT2D eigenvalue weighted by molar-refractivity contribution is -0.116. The molecule has 0 atom stereocenters. The number of rotatable bonds is 8. The molecule has 1 fully saturated rings. The summed E-state index contributed by atoms with van der Waals surface area (Å²) >= 11 is 12.6. The third kappa shape index (κ3) is 7.27. The number of anilines is 2. The van der Waals surface area contributed by atoms with Crippen molar-refractivity contribution in [3.05, 3.63) is 58.1 Å². The van der Waals surface area contributed by atoms with Crippen LogP contribution in [0.5, 0.6) is 0 Å². The molecule has 2 aromatic rings. The summed E-state index contributed by atoms with van der Waals surface area (Å²) in [5.74, 6) is -0.644. The molecule has 2 N–H and O–H groups in total. The maximum atomic E-state index is 13.0. The van der Waals surface area contributed by atoms with Crippen LogP contribution in [0.2, 0.25) is 10.0 Å². The lowest BCUT2D eigenvalue weighted by atomic mass is 10.2. The van der Waals surface area contributed by atoms with Crippen LogP contribution in [0.15, 0.2) is 42.5 Å². The molecule has 2 aromatic carbocycles. The molecule has 3 rings (SSSR count). The average molecular weight is 534 g/mol. The zero-order valence-electron chi connectivity index (χ0n) is 20.9. The summed E-state index contributed by atoms with van der Waals surface area (Å²) in [5, 5.41) is 6.52. The maximum Gasteiger partial charge on any atom is 0.317 e. The first kappa shape index (κ1) is 27.6. The van der Waals surface area contributed by atoms with Gasteiger partial charge in [0.2, 0.25) is 5.91 Å². The van der Waals surface area contributed by atoms with Crippen molar-refractivity contribution in [2.24, 2.45) is 0 Å². The highest BCUT2D eigenvalue weighted by Gasteiger charge is 2.23. The van der Waals surface area contributed by atoms with Gasteiger partial charge in [-0.15, -0.1) is 0 Å². The van der Waals surface area contributed by atoms with Gasteiger partial charge in [-0.3, -0.25) is 9.59 Å². The van der Waals surface area contributed by atoms with Crippen molar-refractivity contribution < 1.29 is 14.4 Å². The lowest BCUT2D eigenvalue weighted by Crippen LogP contribution is -2.52. The molecule has 0 bridgehead atoms. The third-order valence-electron chi connectivity index (χ3n) is 5.79. The quantitative estimate of drug-likeness (QED) is 0.513. The van der Waals surface area contributed by atoms with Gasteiger partial charge in [-0.1, -0.05) is 42.3 Å². The lowest BCUT2D eigenvalue weighted by Gasteiger charge is -2.36. The molecule has 0 aliphatic carbocycles. The Morgan fingerprint density at radius 1 is 1.00 bits per heavy atom. The van der Waals surface area contributed by atoms with Crippen LogP contribution in [0.4, 0.5) is 16.2 Å². The normalized spacial score (nSPS) is 13.5. The fraction of sp³-hybridized carbons (Fsp3) is 0.423. The molecule has 1 heterocycles. The number of piperazine rings is 1. The molecule has 0 radical (unpaired) electrons. The predicted molar refractivity (Wildman–Crippen MR) is 145 cm³/mol. The molecule has 194 valence electrons. The van der Waals surface area contributed by atoms with E-state index in [1.54, 1.807) is 35.2 Å². The van der Waals surface area contributed by atoms with Crippen molar-refractivity contribution in [2.45, 2.75) is 33.2 Å². The fourth-order valence-electron chi connectivity index (χ4n) is 4.00. The molecule has 1 saturated heterocycles. The molecule has 1 aliphatic rings. The minimum Gasteiger partial charge on any atom is -0.368 e. The van der Waals surface area contributed by atoms with Crippen LogP contribution in [0.1, 0.15) is 37.6 Å². The molecule has 0 unspecified atom stereocenters. The topological polar surface area (TPSA) is 85.0 Å². The van der Waals surface area contributed by atoms with E-state index in [0.29, 0.717) is 60.4 Å². The molecule has 0 saturated carbocycles. The monoisotopic (exact) mass is 533 g/mol. The van der Waals surface area contributed by atoms with E-state index < -0.39 is 0 Å². The van der Waals surface area contributed by atoms with Crippen molar-refractivity contribution in [3.63, 3.8) is 0 Å². The largest absolute Gasteiger partial charge is 0.368 e. The van der Waals surface area contributed by atoms with Gasteiger partial charge >= 0.3 is 6.03 Å². The zero-order valence-corrected chi connectivity index (χ0v) is 22.4. The number of hydrogen-bond acceptors (Lipinski definition) is 4. The van der Waals surface area contributed by atoms with Crippen molar-refractivity contribution in [1.29, 1.82) is 0 Å². The summed E-state index contributed by atoms with van der Waals surface area (Å²) < 4.78 is 0. The molecular formula is C26H33Cl2N5O3. The number of halogens is 2. The Kier molecular flexibility index (Phi) is 9.84. The van der Waals surface area contributed by atoms with Gasteiger partial charge in [0.25, 0.3) is 5.91 Å².